The van der Waals surface area contributed by atoms with Crippen LogP contribution >= 0.6 is 0 Å². The second-order valence-corrected chi connectivity index (χ2v) is 5.79. The van der Waals surface area contributed by atoms with Gasteiger partial charge in [0, 0.05) is 19.3 Å². The predicted molar refractivity (Wildman–Crippen MR) is 79.1 cm³/mol. The zero-order chi connectivity index (χ0) is 15.7. The number of nitrogens with two attached hydrogens (primary N) is 1. The third-order valence-electron chi connectivity index (χ3n) is 4.08. The van der Waals surface area contributed by atoms with Crippen molar-refractivity contribution in [2.24, 2.45) is 11.7 Å². The summed E-state index contributed by atoms with van der Waals surface area (Å²) in [6, 6.07) is 0. The molecule has 21 heavy (non-hydrogen) atoms. The molecule has 1 fully saturated rings. The minimum atomic E-state index is -0.527. The van der Waals surface area contributed by atoms with Crippen LogP contribution in [0.3, 0.4) is 0 Å². The summed E-state index contributed by atoms with van der Waals surface area (Å²) in [4.78, 5) is 28.5. The van der Waals surface area contributed by atoms with Gasteiger partial charge in [0.1, 0.15) is 5.69 Å². The third-order valence-corrected chi connectivity index (χ3v) is 4.08. The number of H-pyrrole nitrogens is 1. The molecule has 6 nitrogen and oxygen atoms in total. The van der Waals surface area contributed by atoms with Crippen molar-refractivity contribution < 1.29 is 14.7 Å². The molecule has 1 unspecified atom stereocenters. The highest BCUT2D eigenvalue weighted by Gasteiger charge is 2.32. The number of aliphatic hydroxyl groups excluding tert-OH is 1. The van der Waals surface area contributed by atoms with Crippen LogP contribution < -0.4 is 5.73 Å². The van der Waals surface area contributed by atoms with E-state index in [0.717, 1.165) is 12.8 Å². The fraction of sp³-hybridized carbons (Fsp3) is 0.600. The molecule has 1 aromatic heterocycles. The van der Waals surface area contributed by atoms with E-state index in [1.165, 1.54) is 4.90 Å². The Morgan fingerprint density at radius 2 is 2.10 bits per heavy atom. The highest BCUT2D eigenvalue weighted by molar-refractivity contribution is 6.02. The minimum Gasteiger partial charge on any atom is -0.391 e. The van der Waals surface area contributed by atoms with Gasteiger partial charge in [0.05, 0.1) is 11.7 Å². The summed E-state index contributed by atoms with van der Waals surface area (Å²) in [6.45, 7) is 3.91. The van der Waals surface area contributed by atoms with E-state index in [-0.39, 0.29) is 5.91 Å². The molecule has 4 N–H and O–H groups in total. The Morgan fingerprint density at radius 1 is 1.48 bits per heavy atom. The lowest BCUT2D eigenvalue weighted by atomic mass is 10.0. The number of rotatable bonds is 6. The first-order valence-electron chi connectivity index (χ1n) is 7.31. The lowest BCUT2D eigenvalue weighted by Gasteiger charge is -2.20. The molecular formula is C15H23N3O3. The molecule has 0 saturated heterocycles. The third kappa shape index (κ3) is 3.10. The van der Waals surface area contributed by atoms with Gasteiger partial charge >= 0.3 is 0 Å². The van der Waals surface area contributed by atoms with Crippen LogP contribution in [0.2, 0.25) is 0 Å². The Morgan fingerprint density at radius 3 is 2.57 bits per heavy atom. The number of aliphatic hydroxyl groups is 1. The summed E-state index contributed by atoms with van der Waals surface area (Å²) < 4.78 is 0. The highest BCUT2D eigenvalue weighted by atomic mass is 16.3. The fourth-order valence-electron chi connectivity index (χ4n) is 2.73. The number of primary amides is 1. The first kappa shape index (κ1) is 15.6. The number of carbonyl (C=O) groups is 2. The Kier molecular flexibility index (Phi) is 4.37. The molecule has 1 atom stereocenters. The van der Waals surface area contributed by atoms with Gasteiger partial charge in [-0.15, -0.1) is 0 Å². The van der Waals surface area contributed by atoms with Crippen molar-refractivity contribution in [1.29, 1.82) is 0 Å². The Labute approximate surface area is 124 Å². The number of aryl methyl sites for hydroxylation is 1. The highest BCUT2D eigenvalue weighted by Crippen LogP contribution is 2.33. The summed E-state index contributed by atoms with van der Waals surface area (Å²) in [5.74, 6) is -0.431. The van der Waals surface area contributed by atoms with Gasteiger partial charge in [0.2, 0.25) is 0 Å². The summed E-state index contributed by atoms with van der Waals surface area (Å²) in [6.07, 6.45) is 2.12. The number of amides is 2. The van der Waals surface area contributed by atoms with E-state index in [2.05, 4.69) is 4.98 Å². The van der Waals surface area contributed by atoms with Gasteiger partial charge < -0.3 is 20.7 Å². The van der Waals surface area contributed by atoms with Gasteiger partial charge in [0.25, 0.3) is 11.8 Å². The number of carbonyl (C=O) groups excluding carboxylic acids is 2. The fourth-order valence-corrected chi connectivity index (χ4v) is 2.73. The molecule has 0 spiro atoms. The van der Waals surface area contributed by atoms with E-state index in [0.29, 0.717) is 41.4 Å². The van der Waals surface area contributed by atoms with Gasteiger partial charge in [-0.25, -0.2) is 0 Å². The van der Waals surface area contributed by atoms with E-state index in [4.69, 9.17) is 5.73 Å². The SMILES string of the molecule is CCc1c(C(=O)N(C)CC(O)C2CC2)[nH]c(C)c1C(N)=O. The smallest absolute Gasteiger partial charge is 0.270 e. The Hall–Kier alpha value is -1.82. The summed E-state index contributed by atoms with van der Waals surface area (Å²) in [5, 5.41) is 9.95. The maximum Gasteiger partial charge on any atom is 0.270 e. The van der Waals surface area contributed by atoms with Crippen LogP contribution in [0, 0.1) is 12.8 Å². The van der Waals surface area contributed by atoms with Crippen molar-refractivity contribution >= 4 is 11.8 Å². The second kappa shape index (κ2) is 5.89. The van der Waals surface area contributed by atoms with Crippen molar-refractivity contribution in [2.75, 3.05) is 13.6 Å². The normalized spacial score (nSPS) is 15.8. The molecule has 1 heterocycles. The van der Waals surface area contributed by atoms with Crippen LogP contribution in [0.5, 0.6) is 0 Å². The van der Waals surface area contributed by atoms with Crippen molar-refractivity contribution in [2.45, 2.75) is 39.2 Å². The monoisotopic (exact) mass is 293 g/mol. The molecule has 116 valence electrons. The largest absolute Gasteiger partial charge is 0.391 e. The molecular weight excluding hydrogens is 270 g/mol. The molecule has 0 aromatic carbocycles. The molecule has 0 bridgehead atoms. The number of nitrogens with one attached hydrogen (secondary N) is 1. The van der Waals surface area contributed by atoms with Gasteiger partial charge in [-0.1, -0.05) is 6.92 Å². The first-order chi connectivity index (χ1) is 9.86. The van der Waals surface area contributed by atoms with Crippen molar-refractivity contribution in [1.82, 2.24) is 9.88 Å². The number of hydrogen-bond donors (Lipinski definition) is 3. The minimum absolute atomic E-state index is 0.220. The molecule has 6 heteroatoms. The Bertz CT molecular complexity index is 561. The van der Waals surface area contributed by atoms with Crippen LogP contribution in [0.1, 0.15) is 51.9 Å². The molecule has 2 rings (SSSR count). The second-order valence-electron chi connectivity index (χ2n) is 5.79. The lowest BCUT2D eigenvalue weighted by Crippen LogP contribution is -2.35. The molecule has 1 aliphatic rings. The van der Waals surface area contributed by atoms with Crippen molar-refractivity contribution in [3.8, 4) is 0 Å². The van der Waals surface area contributed by atoms with E-state index in [1.54, 1.807) is 14.0 Å². The number of likely N-dealkylation sites (N-methyl/N-ethyl adjacent to an activating group) is 1. The molecule has 0 radical (unpaired) electrons. The lowest BCUT2D eigenvalue weighted by molar-refractivity contribution is 0.0640. The summed E-state index contributed by atoms with van der Waals surface area (Å²) >= 11 is 0. The maximum atomic E-state index is 12.5. The average molecular weight is 293 g/mol. The van der Waals surface area contributed by atoms with E-state index < -0.39 is 12.0 Å². The zero-order valence-corrected chi connectivity index (χ0v) is 12.8. The maximum absolute atomic E-state index is 12.5. The van der Waals surface area contributed by atoms with E-state index in [1.807, 2.05) is 6.92 Å². The summed E-state index contributed by atoms with van der Waals surface area (Å²) in [5.41, 5.74) is 7.44. The standard InChI is InChI=1S/C15H23N3O3/c1-4-10-12(14(16)20)8(2)17-13(10)15(21)18(3)7-11(19)9-5-6-9/h9,11,17,19H,4-7H2,1-3H3,(H2,16,20). The quantitative estimate of drug-likeness (QED) is 0.724. The molecule has 1 saturated carbocycles. The van der Waals surface area contributed by atoms with E-state index >= 15 is 0 Å². The van der Waals surface area contributed by atoms with Gasteiger partial charge in [-0.05, 0) is 37.7 Å². The Balaban J connectivity index is 2.21. The van der Waals surface area contributed by atoms with Crippen molar-refractivity contribution in [3.63, 3.8) is 0 Å². The van der Waals surface area contributed by atoms with Crippen molar-refractivity contribution in [3.05, 3.63) is 22.5 Å². The molecule has 0 aliphatic heterocycles. The van der Waals surface area contributed by atoms with Crippen LogP contribution in [0.4, 0.5) is 0 Å². The predicted octanol–water partition coefficient (Wildman–Crippen LogP) is 0.827. The van der Waals surface area contributed by atoms with Crippen LogP contribution in [0.15, 0.2) is 0 Å². The average Bonchev–Trinajstić information content (AvgIpc) is 3.20. The number of aromatic nitrogens is 1. The van der Waals surface area contributed by atoms with Crippen LogP contribution in [0.25, 0.3) is 0 Å². The zero-order valence-electron chi connectivity index (χ0n) is 12.8. The number of hydrogen-bond acceptors (Lipinski definition) is 3. The van der Waals surface area contributed by atoms with Gasteiger partial charge in [0.15, 0.2) is 0 Å². The first-order valence-corrected chi connectivity index (χ1v) is 7.31. The topological polar surface area (TPSA) is 99.4 Å². The van der Waals surface area contributed by atoms with Gasteiger partial charge in [-0.2, -0.15) is 0 Å². The van der Waals surface area contributed by atoms with E-state index in [9.17, 15) is 14.7 Å². The summed E-state index contributed by atoms with van der Waals surface area (Å²) in [7, 11) is 1.66. The number of nitrogens with zero attached hydrogens (tertiary/aromatic N) is 1. The molecule has 2 amide bonds. The molecule has 1 aromatic rings. The number of aromatic amines is 1. The molecule has 1 aliphatic carbocycles. The van der Waals surface area contributed by atoms with Crippen LogP contribution in [-0.4, -0.2) is 46.5 Å². The van der Waals surface area contributed by atoms with Gasteiger partial charge in [-0.3, -0.25) is 9.59 Å². The van der Waals surface area contributed by atoms with Crippen LogP contribution in [-0.2, 0) is 6.42 Å².